The largest absolute Gasteiger partial charge is 0.457 e. The minimum atomic E-state index is 0.0310. The normalized spacial score (nSPS) is 15.0. The summed E-state index contributed by atoms with van der Waals surface area (Å²) in [6.45, 7) is 2.42. The molecule has 2 aromatic carbocycles. The molecule has 126 valence electrons. The van der Waals surface area contributed by atoms with Gasteiger partial charge in [-0.1, -0.05) is 15.9 Å². The maximum Gasteiger partial charge on any atom is 0.238 e. The molecule has 0 aromatic heterocycles. The van der Waals surface area contributed by atoms with E-state index in [1.165, 1.54) is 0 Å². The molecular weight excluding hydrogens is 388 g/mol. The number of halogens is 1. The second-order valence-electron chi connectivity index (χ2n) is 5.52. The first-order valence-corrected chi connectivity index (χ1v) is 9.77. The van der Waals surface area contributed by atoms with E-state index in [0.717, 1.165) is 46.3 Å². The SMILES string of the molecule is O=C(CN1CCSCC1)Nc1ccc(Oc2ccc(Br)cc2)cc1. The molecule has 1 amide bonds. The Morgan fingerprint density at radius 2 is 1.62 bits per heavy atom. The van der Waals surface area contributed by atoms with Crippen molar-refractivity contribution in [3.63, 3.8) is 0 Å². The van der Waals surface area contributed by atoms with Crippen molar-refractivity contribution in [2.24, 2.45) is 0 Å². The number of amides is 1. The molecule has 1 aliphatic heterocycles. The monoisotopic (exact) mass is 406 g/mol. The third kappa shape index (κ3) is 5.26. The Labute approximate surface area is 154 Å². The number of carbonyl (C=O) groups excluding carboxylic acids is 1. The van der Waals surface area contributed by atoms with Gasteiger partial charge in [-0.05, 0) is 48.5 Å². The van der Waals surface area contributed by atoms with Gasteiger partial charge in [-0.2, -0.15) is 11.8 Å². The Bertz CT molecular complexity index is 670. The number of ether oxygens (including phenoxy) is 1. The second-order valence-corrected chi connectivity index (χ2v) is 7.66. The third-order valence-corrected chi connectivity index (χ3v) is 5.13. The minimum absolute atomic E-state index is 0.0310. The number of benzene rings is 2. The summed E-state index contributed by atoms with van der Waals surface area (Å²) in [7, 11) is 0. The lowest BCUT2D eigenvalue weighted by Crippen LogP contribution is -2.38. The van der Waals surface area contributed by atoms with Crippen LogP contribution in [0, 0.1) is 0 Å². The number of thioether (sulfide) groups is 1. The van der Waals surface area contributed by atoms with Crippen LogP contribution in [0.5, 0.6) is 11.5 Å². The first kappa shape index (κ1) is 17.3. The molecule has 1 heterocycles. The van der Waals surface area contributed by atoms with Gasteiger partial charge >= 0.3 is 0 Å². The maximum atomic E-state index is 12.1. The molecule has 3 rings (SSSR count). The van der Waals surface area contributed by atoms with Crippen LogP contribution in [-0.2, 0) is 4.79 Å². The number of hydrogen-bond donors (Lipinski definition) is 1. The van der Waals surface area contributed by atoms with Crippen LogP contribution < -0.4 is 10.1 Å². The zero-order valence-corrected chi connectivity index (χ0v) is 15.6. The predicted octanol–water partition coefficient (Wildman–Crippen LogP) is 4.23. The molecule has 0 radical (unpaired) electrons. The first-order valence-electron chi connectivity index (χ1n) is 7.82. The van der Waals surface area contributed by atoms with E-state index in [9.17, 15) is 4.79 Å². The highest BCUT2D eigenvalue weighted by atomic mass is 79.9. The Kier molecular flexibility index (Phi) is 6.18. The Balaban J connectivity index is 1.52. The molecule has 24 heavy (non-hydrogen) atoms. The summed E-state index contributed by atoms with van der Waals surface area (Å²) >= 11 is 5.34. The fourth-order valence-electron chi connectivity index (χ4n) is 2.41. The molecule has 2 aromatic rings. The van der Waals surface area contributed by atoms with Crippen LogP contribution in [0.25, 0.3) is 0 Å². The van der Waals surface area contributed by atoms with Gasteiger partial charge in [0, 0.05) is 34.8 Å². The van der Waals surface area contributed by atoms with Gasteiger partial charge in [0.2, 0.25) is 5.91 Å². The molecule has 1 saturated heterocycles. The van der Waals surface area contributed by atoms with Crippen LogP contribution in [0.15, 0.2) is 53.0 Å². The standard InChI is InChI=1S/C18H19BrN2O2S/c19-14-1-5-16(6-2-14)23-17-7-3-15(4-8-17)20-18(22)13-21-9-11-24-12-10-21/h1-8H,9-13H2,(H,20,22). The van der Waals surface area contributed by atoms with Gasteiger partial charge in [-0.3, -0.25) is 9.69 Å². The zero-order valence-electron chi connectivity index (χ0n) is 13.2. The Morgan fingerprint density at radius 3 is 2.25 bits per heavy atom. The summed E-state index contributed by atoms with van der Waals surface area (Å²) in [5, 5.41) is 2.94. The van der Waals surface area contributed by atoms with Gasteiger partial charge < -0.3 is 10.1 Å². The van der Waals surface area contributed by atoms with E-state index in [-0.39, 0.29) is 5.91 Å². The first-order chi connectivity index (χ1) is 11.7. The molecule has 0 aliphatic carbocycles. The van der Waals surface area contributed by atoms with Gasteiger partial charge in [0.15, 0.2) is 0 Å². The van der Waals surface area contributed by atoms with Crippen molar-refractivity contribution in [2.45, 2.75) is 0 Å². The molecule has 0 unspecified atom stereocenters. The van der Waals surface area contributed by atoms with Crippen molar-refractivity contribution in [3.05, 3.63) is 53.0 Å². The van der Waals surface area contributed by atoms with Gasteiger partial charge in [-0.15, -0.1) is 0 Å². The van der Waals surface area contributed by atoms with Crippen LogP contribution in [-0.4, -0.2) is 41.9 Å². The van der Waals surface area contributed by atoms with E-state index in [4.69, 9.17) is 4.74 Å². The van der Waals surface area contributed by atoms with Gasteiger partial charge in [0.1, 0.15) is 11.5 Å². The molecular formula is C18H19BrN2O2S. The molecule has 1 aliphatic rings. The lowest BCUT2D eigenvalue weighted by atomic mass is 10.3. The van der Waals surface area contributed by atoms with Crippen molar-refractivity contribution >= 4 is 39.3 Å². The molecule has 0 saturated carbocycles. The maximum absolute atomic E-state index is 12.1. The van der Waals surface area contributed by atoms with Crippen LogP contribution >= 0.6 is 27.7 Å². The topological polar surface area (TPSA) is 41.6 Å². The molecule has 1 fully saturated rings. The smallest absolute Gasteiger partial charge is 0.238 e. The molecule has 6 heteroatoms. The van der Waals surface area contributed by atoms with Crippen molar-refractivity contribution in [2.75, 3.05) is 36.5 Å². The number of nitrogens with zero attached hydrogens (tertiary/aromatic N) is 1. The summed E-state index contributed by atoms with van der Waals surface area (Å²) in [5.41, 5.74) is 0.787. The molecule has 4 nitrogen and oxygen atoms in total. The number of rotatable bonds is 5. The average molecular weight is 407 g/mol. The lowest BCUT2D eigenvalue weighted by Gasteiger charge is -2.25. The van der Waals surface area contributed by atoms with Crippen molar-refractivity contribution in [1.29, 1.82) is 0 Å². The van der Waals surface area contributed by atoms with Crippen molar-refractivity contribution in [3.8, 4) is 11.5 Å². The molecule has 1 N–H and O–H groups in total. The van der Waals surface area contributed by atoms with E-state index in [1.807, 2.05) is 60.3 Å². The average Bonchev–Trinajstić information content (AvgIpc) is 2.59. The third-order valence-electron chi connectivity index (χ3n) is 3.66. The molecule has 0 spiro atoms. The highest BCUT2D eigenvalue weighted by Gasteiger charge is 2.14. The number of hydrogen-bond acceptors (Lipinski definition) is 4. The minimum Gasteiger partial charge on any atom is -0.457 e. The van der Waals surface area contributed by atoms with Crippen LogP contribution in [0.2, 0.25) is 0 Å². The van der Waals surface area contributed by atoms with Gasteiger partial charge in [0.25, 0.3) is 0 Å². The van der Waals surface area contributed by atoms with Crippen LogP contribution in [0.3, 0.4) is 0 Å². The summed E-state index contributed by atoms with van der Waals surface area (Å²) in [6, 6.07) is 15.1. The summed E-state index contributed by atoms with van der Waals surface area (Å²) in [4.78, 5) is 14.3. The van der Waals surface area contributed by atoms with Gasteiger partial charge in [-0.25, -0.2) is 0 Å². The quantitative estimate of drug-likeness (QED) is 0.806. The predicted molar refractivity (Wildman–Crippen MR) is 103 cm³/mol. The summed E-state index contributed by atoms with van der Waals surface area (Å²) < 4.78 is 6.78. The highest BCUT2D eigenvalue weighted by Crippen LogP contribution is 2.24. The number of carbonyl (C=O) groups is 1. The Hall–Kier alpha value is -1.50. The molecule has 0 bridgehead atoms. The fourth-order valence-corrected chi connectivity index (χ4v) is 3.65. The number of anilines is 1. The second kappa shape index (κ2) is 8.55. The van der Waals surface area contributed by atoms with Crippen molar-refractivity contribution < 1.29 is 9.53 Å². The van der Waals surface area contributed by atoms with Crippen molar-refractivity contribution in [1.82, 2.24) is 4.90 Å². The van der Waals surface area contributed by atoms with E-state index < -0.39 is 0 Å². The van der Waals surface area contributed by atoms with Crippen LogP contribution in [0.4, 0.5) is 5.69 Å². The zero-order chi connectivity index (χ0) is 16.8. The van der Waals surface area contributed by atoms with E-state index in [1.54, 1.807) is 0 Å². The molecule has 0 atom stereocenters. The fraction of sp³-hybridized carbons (Fsp3) is 0.278. The number of nitrogens with one attached hydrogen (secondary N) is 1. The Morgan fingerprint density at radius 1 is 1.04 bits per heavy atom. The highest BCUT2D eigenvalue weighted by molar-refractivity contribution is 9.10. The summed E-state index contributed by atoms with van der Waals surface area (Å²) in [5.74, 6) is 3.76. The van der Waals surface area contributed by atoms with Crippen LogP contribution in [0.1, 0.15) is 0 Å². The van der Waals surface area contributed by atoms with E-state index >= 15 is 0 Å². The summed E-state index contributed by atoms with van der Waals surface area (Å²) in [6.07, 6.45) is 0. The lowest BCUT2D eigenvalue weighted by molar-refractivity contribution is -0.117. The van der Waals surface area contributed by atoms with Gasteiger partial charge in [0.05, 0.1) is 6.54 Å². The van der Waals surface area contributed by atoms with E-state index in [0.29, 0.717) is 6.54 Å². The van der Waals surface area contributed by atoms with E-state index in [2.05, 4.69) is 26.1 Å².